The molecule has 0 aliphatic carbocycles. The van der Waals surface area contributed by atoms with Crippen LogP contribution in [0.3, 0.4) is 0 Å². The number of Topliss-reactive ketones (excluding diaryl/α,β-unsaturated/α-hetero) is 1. The van der Waals surface area contributed by atoms with Crippen LogP contribution in [0.1, 0.15) is 27.2 Å². The first-order chi connectivity index (χ1) is 7.20. The van der Waals surface area contributed by atoms with Crippen molar-refractivity contribution in [3.8, 4) is 0 Å². The molecular formula is C13H19NO. The Bertz CT molecular complexity index is 308. The fourth-order valence-corrected chi connectivity index (χ4v) is 1.77. The molecule has 82 valence electrons. The molecule has 1 rings (SSSR count). The maximum absolute atomic E-state index is 11.6. The van der Waals surface area contributed by atoms with Crippen molar-refractivity contribution in [2.45, 2.75) is 33.2 Å². The number of benzene rings is 1. The van der Waals surface area contributed by atoms with Gasteiger partial charge in [0.2, 0.25) is 0 Å². The highest BCUT2D eigenvalue weighted by Crippen LogP contribution is 2.16. The standard InChI is InChI=1S/C13H19NO/c1-4-13(15)11(3)14(5-2)12-9-7-6-8-10-12/h6-11H,4-5H2,1-3H3. The van der Waals surface area contributed by atoms with Crippen molar-refractivity contribution in [3.05, 3.63) is 30.3 Å². The molecule has 1 atom stereocenters. The van der Waals surface area contributed by atoms with E-state index >= 15 is 0 Å². The fourth-order valence-electron chi connectivity index (χ4n) is 1.77. The normalized spacial score (nSPS) is 12.2. The molecule has 0 spiro atoms. The molecule has 0 bridgehead atoms. The smallest absolute Gasteiger partial charge is 0.154 e. The molecule has 0 fully saturated rings. The topological polar surface area (TPSA) is 20.3 Å². The van der Waals surface area contributed by atoms with E-state index in [9.17, 15) is 4.79 Å². The summed E-state index contributed by atoms with van der Waals surface area (Å²) in [6, 6.07) is 10.1. The van der Waals surface area contributed by atoms with Gasteiger partial charge in [-0.2, -0.15) is 0 Å². The number of hydrogen-bond acceptors (Lipinski definition) is 2. The predicted molar refractivity (Wildman–Crippen MR) is 64.2 cm³/mol. The van der Waals surface area contributed by atoms with Crippen LogP contribution in [0.2, 0.25) is 0 Å². The van der Waals surface area contributed by atoms with Crippen LogP contribution in [-0.2, 0) is 4.79 Å². The van der Waals surface area contributed by atoms with Gasteiger partial charge in [0.15, 0.2) is 5.78 Å². The van der Waals surface area contributed by atoms with E-state index in [1.54, 1.807) is 0 Å². The number of ketones is 1. The van der Waals surface area contributed by atoms with Gasteiger partial charge in [-0.15, -0.1) is 0 Å². The van der Waals surface area contributed by atoms with Crippen molar-refractivity contribution in [2.75, 3.05) is 11.4 Å². The minimum Gasteiger partial charge on any atom is -0.362 e. The lowest BCUT2D eigenvalue weighted by Crippen LogP contribution is -2.38. The maximum atomic E-state index is 11.6. The third-order valence-electron chi connectivity index (χ3n) is 2.71. The number of carbonyl (C=O) groups is 1. The number of hydrogen-bond donors (Lipinski definition) is 0. The van der Waals surface area contributed by atoms with Gasteiger partial charge in [-0.3, -0.25) is 4.79 Å². The van der Waals surface area contributed by atoms with Crippen LogP contribution in [0, 0.1) is 0 Å². The van der Waals surface area contributed by atoms with Gasteiger partial charge < -0.3 is 4.90 Å². The lowest BCUT2D eigenvalue weighted by atomic mass is 10.1. The van der Waals surface area contributed by atoms with E-state index in [2.05, 4.69) is 11.8 Å². The second-order valence-corrected chi connectivity index (χ2v) is 3.62. The molecule has 0 aromatic heterocycles. The molecule has 0 aliphatic heterocycles. The Balaban J connectivity index is 2.85. The van der Waals surface area contributed by atoms with Gasteiger partial charge in [0.25, 0.3) is 0 Å². The first kappa shape index (κ1) is 11.8. The summed E-state index contributed by atoms with van der Waals surface area (Å²) >= 11 is 0. The Hall–Kier alpha value is -1.31. The molecule has 0 aliphatic rings. The summed E-state index contributed by atoms with van der Waals surface area (Å²) in [6.07, 6.45) is 0.602. The zero-order valence-electron chi connectivity index (χ0n) is 9.73. The number of carbonyl (C=O) groups excluding carboxylic acids is 1. The van der Waals surface area contributed by atoms with Gasteiger partial charge in [-0.25, -0.2) is 0 Å². The lowest BCUT2D eigenvalue weighted by molar-refractivity contribution is -0.119. The zero-order chi connectivity index (χ0) is 11.3. The first-order valence-electron chi connectivity index (χ1n) is 5.55. The quantitative estimate of drug-likeness (QED) is 0.736. The minimum atomic E-state index is -0.0256. The monoisotopic (exact) mass is 205 g/mol. The molecule has 1 aromatic carbocycles. The molecule has 0 saturated heterocycles. The molecule has 2 nitrogen and oxygen atoms in total. The minimum absolute atomic E-state index is 0.0256. The van der Waals surface area contributed by atoms with Crippen LogP contribution in [0.4, 0.5) is 5.69 Å². The van der Waals surface area contributed by atoms with Crippen molar-refractivity contribution in [2.24, 2.45) is 0 Å². The summed E-state index contributed by atoms with van der Waals surface area (Å²) in [5.74, 6) is 0.292. The summed E-state index contributed by atoms with van der Waals surface area (Å²) in [6.45, 7) is 6.82. The van der Waals surface area contributed by atoms with E-state index in [-0.39, 0.29) is 6.04 Å². The summed E-state index contributed by atoms with van der Waals surface area (Å²) < 4.78 is 0. The molecule has 0 N–H and O–H groups in total. The number of para-hydroxylation sites is 1. The fraction of sp³-hybridized carbons (Fsp3) is 0.462. The SMILES string of the molecule is CCC(=O)C(C)N(CC)c1ccccc1. The molecule has 0 saturated carbocycles. The summed E-state index contributed by atoms with van der Waals surface area (Å²) in [5.41, 5.74) is 1.12. The average molecular weight is 205 g/mol. The number of nitrogens with zero attached hydrogens (tertiary/aromatic N) is 1. The maximum Gasteiger partial charge on any atom is 0.154 e. The van der Waals surface area contributed by atoms with Gasteiger partial charge in [0.05, 0.1) is 6.04 Å². The van der Waals surface area contributed by atoms with Crippen LogP contribution in [0.5, 0.6) is 0 Å². The molecule has 0 heterocycles. The van der Waals surface area contributed by atoms with Gasteiger partial charge in [-0.1, -0.05) is 25.1 Å². The van der Waals surface area contributed by atoms with E-state index < -0.39 is 0 Å². The van der Waals surface area contributed by atoms with Gasteiger partial charge in [0, 0.05) is 18.7 Å². The third kappa shape index (κ3) is 2.82. The second-order valence-electron chi connectivity index (χ2n) is 3.62. The Labute approximate surface area is 91.9 Å². The van der Waals surface area contributed by atoms with Gasteiger partial charge >= 0.3 is 0 Å². The average Bonchev–Trinajstić information content (AvgIpc) is 2.30. The molecule has 1 unspecified atom stereocenters. The highest BCUT2D eigenvalue weighted by Gasteiger charge is 2.18. The summed E-state index contributed by atoms with van der Waals surface area (Å²) in [4.78, 5) is 13.8. The van der Waals surface area contributed by atoms with Crippen LogP contribution < -0.4 is 4.90 Å². The Morgan fingerprint density at radius 1 is 1.27 bits per heavy atom. The van der Waals surface area contributed by atoms with Crippen molar-refractivity contribution in [1.82, 2.24) is 0 Å². The van der Waals surface area contributed by atoms with Gasteiger partial charge in [0.1, 0.15) is 0 Å². The summed E-state index contributed by atoms with van der Waals surface area (Å²) in [7, 11) is 0. The second kappa shape index (κ2) is 5.54. The van der Waals surface area contributed by atoms with E-state index in [1.165, 1.54) is 0 Å². The van der Waals surface area contributed by atoms with E-state index in [4.69, 9.17) is 0 Å². The largest absolute Gasteiger partial charge is 0.362 e. The van der Waals surface area contributed by atoms with E-state index in [0.29, 0.717) is 12.2 Å². The van der Waals surface area contributed by atoms with Crippen molar-refractivity contribution < 1.29 is 4.79 Å². The molecule has 0 amide bonds. The van der Waals surface area contributed by atoms with Gasteiger partial charge in [-0.05, 0) is 26.0 Å². The Kier molecular flexibility index (Phi) is 4.35. The Morgan fingerprint density at radius 2 is 1.87 bits per heavy atom. The van der Waals surface area contributed by atoms with Crippen molar-refractivity contribution >= 4 is 11.5 Å². The number of likely N-dealkylation sites (N-methyl/N-ethyl adjacent to an activating group) is 1. The van der Waals surface area contributed by atoms with Crippen LogP contribution in [-0.4, -0.2) is 18.4 Å². The molecular weight excluding hydrogens is 186 g/mol. The van der Waals surface area contributed by atoms with Crippen LogP contribution in [0.25, 0.3) is 0 Å². The molecule has 0 radical (unpaired) electrons. The molecule has 2 heteroatoms. The van der Waals surface area contributed by atoms with Crippen LogP contribution >= 0.6 is 0 Å². The summed E-state index contributed by atoms with van der Waals surface area (Å²) in [5, 5.41) is 0. The first-order valence-corrected chi connectivity index (χ1v) is 5.55. The molecule has 15 heavy (non-hydrogen) atoms. The van der Waals surface area contributed by atoms with Crippen LogP contribution in [0.15, 0.2) is 30.3 Å². The highest BCUT2D eigenvalue weighted by atomic mass is 16.1. The third-order valence-corrected chi connectivity index (χ3v) is 2.71. The van der Waals surface area contributed by atoms with E-state index in [0.717, 1.165) is 12.2 Å². The number of rotatable bonds is 5. The number of anilines is 1. The molecule has 1 aromatic rings. The zero-order valence-corrected chi connectivity index (χ0v) is 9.73. The van der Waals surface area contributed by atoms with Crippen molar-refractivity contribution in [1.29, 1.82) is 0 Å². The predicted octanol–water partition coefficient (Wildman–Crippen LogP) is 2.88. The van der Waals surface area contributed by atoms with E-state index in [1.807, 2.05) is 44.2 Å². The Morgan fingerprint density at radius 3 is 2.33 bits per heavy atom. The van der Waals surface area contributed by atoms with Crippen molar-refractivity contribution in [3.63, 3.8) is 0 Å². The highest BCUT2D eigenvalue weighted by molar-refractivity contribution is 5.86. The lowest BCUT2D eigenvalue weighted by Gasteiger charge is -2.28.